The Bertz CT molecular complexity index is 586. The fourth-order valence-electron chi connectivity index (χ4n) is 2.76. The molecular weight excluding hydrogens is 457 g/mol. The third-order valence-electron chi connectivity index (χ3n) is 4.31. The Balaban J connectivity index is 0.00000364. The van der Waals surface area contributed by atoms with Crippen LogP contribution in [0.4, 0.5) is 0 Å². The van der Waals surface area contributed by atoms with E-state index >= 15 is 0 Å². The van der Waals surface area contributed by atoms with E-state index in [4.69, 9.17) is 4.74 Å². The molecule has 0 aromatic carbocycles. The number of nitrogens with zero attached hydrogens (tertiary/aromatic N) is 3. The lowest BCUT2D eigenvalue weighted by Crippen LogP contribution is -2.42. The monoisotopic (exact) mass is 489 g/mol. The molecule has 1 fully saturated rings. The van der Waals surface area contributed by atoms with Crippen molar-refractivity contribution in [2.45, 2.75) is 51.7 Å². The molecule has 152 valence electrons. The minimum atomic E-state index is 0. The summed E-state index contributed by atoms with van der Waals surface area (Å²) in [5, 5.41) is 6.18. The van der Waals surface area contributed by atoms with Crippen LogP contribution in [0.2, 0.25) is 0 Å². The maximum absolute atomic E-state index is 11.7. The normalized spacial score (nSPS) is 14.9. The van der Waals surface area contributed by atoms with Gasteiger partial charge in [-0.05, 0) is 38.2 Å². The summed E-state index contributed by atoms with van der Waals surface area (Å²) in [6.07, 6.45) is 8.15. The van der Waals surface area contributed by atoms with Crippen LogP contribution >= 0.6 is 24.0 Å². The second kappa shape index (κ2) is 12.7. The number of hydrogen-bond acceptors (Lipinski definition) is 4. The molecule has 1 aromatic heterocycles. The Labute approximate surface area is 179 Å². The van der Waals surface area contributed by atoms with E-state index in [1.165, 1.54) is 19.3 Å². The number of nitrogens with one attached hydrogen (secondary N) is 2. The summed E-state index contributed by atoms with van der Waals surface area (Å²) in [6.45, 7) is 3.42. The predicted molar refractivity (Wildman–Crippen MR) is 119 cm³/mol. The van der Waals surface area contributed by atoms with Crippen LogP contribution in [0.1, 0.15) is 44.6 Å². The highest BCUT2D eigenvalue weighted by molar-refractivity contribution is 14.0. The molecule has 1 aliphatic carbocycles. The molecular formula is C19H32IN5O2. The standard InChI is InChI=1S/C19H31N5O2.HI/c1-4-20-19(23-14-18(25)24(2)3)22-13-15-10-11-17(21-12-15)26-16-8-6-5-7-9-16;/h10-12,16H,4-9,13-14H2,1-3H3,(H2,20,22,23);1H. The van der Waals surface area contributed by atoms with E-state index in [-0.39, 0.29) is 36.4 Å². The summed E-state index contributed by atoms with van der Waals surface area (Å²) in [4.78, 5) is 22.1. The van der Waals surface area contributed by atoms with E-state index in [1.807, 2.05) is 19.1 Å². The lowest BCUT2D eigenvalue weighted by atomic mass is 9.98. The van der Waals surface area contributed by atoms with Crippen molar-refractivity contribution in [2.75, 3.05) is 27.2 Å². The van der Waals surface area contributed by atoms with Gasteiger partial charge in [-0.2, -0.15) is 0 Å². The van der Waals surface area contributed by atoms with Gasteiger partial charge in [-0.25, -0.2) is 9.98 Å². The number of aliphatic imine (C=N–C) groups is 1. The number of amides is 1. The summed E-state index contributed by atoms with van der Waals surface area (Å²) in [5.41, 5.74) is 0.997. The molecule has 7 nitrogen and oxygen atoms in total. The zero-order valence-electron chi connectivity index (χ0n) is 16.5. The van der Waals surface area contributed by atoms with Crippen LogP contribution in [-0.2, 0) is 11.3 Å². The van der Waals surface area contributed by atoms with Crippen molar-refractivity contribution in [2.24, 2.45) is 4.99 Å². The van der Waals surface area contributed by atoms with E-state index in [1.54, 1.807) is 25.2 Å². The molecule has 0 atom stereocenters. The molecule has 0 spiro atoms. The average Bonchev–Trinajstić information content (AvgIpc) is 2.65. The highest BCUT2D eigenvalue weighted by Crippen LogP contribution is 2.22. The molecule has 2 rings (SSSR count). The van der Waals surface area contributed by atoms with Crippen molar-refractivity contribution in [3.63, 3.8) is 0 Å². The van der Waals surface area contributed by atoms with Crippen LogP contribution in [0.3, 0.4) is 0 Å². The number of hydrogen-bond donors (Lipinski definition) is 2. The Morgan fingerprint density at radius 2 is 2.00 bits per heavy atom. The minimum Gasteiger partial charge on any atom is -0.474 e. The first kappa shape index (κ1) is 23.5. The van der Waals surface area contributed by atoms with Gasteiger partial charge < -0.3 is 20.3 Å². The number of carbonyl (C=O) groups excluding carboxylic acids is 1. The van der Waals surface area contributed by atoms with Gasteiger partial charge in [0, 0.05) is 32.9 Å². The van der Waals surface area contributed by atoms with E-state index in [2.05, 4.69) is 20.6 Å². The number of likely N-dealkylation sites (N-methyl/N-ethyl adjacent to an activating group) is 1. The number of halogens is 1. The first-order valence-electron chi connectivity index (χ1n) is 9.42. The highest BCUT2D eigenvalue weighted by atomic mass is 127. The SMILES string of the molecule is CCNC(=NCc1ccc(OC2CCCCC2)nc1)NCC(=O)N(C)C.I. The number of rotatable bonds is 7. The van der Waals surface area contributed by atoms with Crippen molar-refractivity contribution in [1.29, 1.82) is 0 Å². The molecule has 8 heteroatoms. The van der Waals surface area contributed by atoms with Crippen molar-refractivity contribution in [3.8, 4) is 5.88 Å². The van der Waals surface area contributed by atoms with Crippen LogP contribution < -0.4 is 15.4 Å². The van der Waals surface area contributed by atoms with E-state index in [0.29, 0.717) is 24.5 Å². The van der Waals surface area contributed by atoms with E-state index in [9.17, 15) is 4.79 Å². The molecule has 1 amide bonds. The topological polar surface area (TPSA) is 78.9 Å². The van der Waals surface area contributed by atoms with Gasteiger partial charge >= 0.3 is 0 Å². The lowest BCUT2D eigenvalue weighted by molar-refractivity contribution is -0.127. The number of aromatic nitrogens is 1. The maximum Gasteiger partial charge on any atom is 0.241 e. The van der Waals surface area contributed by atoms with Crippen LogP contribution in [-0.4, -0.2) is 55.0 Å². The van der Waals surface area contributed by atoms with Gasteiger partial charge in [-0.15, -0.1) is 24.0 Å². The number of carbonyl (C=O) groups is 1. The highest BCUT2D eigenvalue weighted by Gasteiger charge is 2.15. The maximum atomic E-state index is 11.7. The van der Waals surface area contributed by atoms with Crippen molar-refractivity contribution in [3.05, 3.63) is 23.9 Å². The molecule has 2 N–H and O–H groups in total. The molecule has 1 saturated carbocycles. The molecule has 1 aliphatic rings. The zero-order chi connectivity index (χ0) is 18.8. The van der Waals surface area contributed by atoms with Crippen LogP contribution in [0.15, 0.2) is 23.3 Å². The predicted octanol–water partition coefficient (Wildman–Crippen LogP) is 2.55. The van der Waals surface area contributed by atoms with Gasteiger partial charge in [0.05, 0.1) is 13.1 Å². The molecule has 1 aromatic rings. The fourth-order valence-corrected chi connectivity index (χ4v) is 2.76. The molecule has 1 heterocycles. The number of pyridine rings is 1. The number of ether oxygens (including phenoxy) is 1. The van der Waals surface area contributed by atoms with Gasteiger partial charge in [0.1, 0.15) is 6.10 Å². The second-order valence-electron chi connectivity index (χ2n) is 6.72. The van der Waals surface area contributed by atoms with E-state index < -0.39 is 0 Å². The Morgan fingerprint density at radius 1 is 1.26 bits per heavy atom. The van der Waals surface area contributed by atoms with Crippen LogP contribution in [0.25, 0.3) is 0 Å². The first-order valence-corrected chi connectivity index (χ1v) is 9.42. The Morgan fingerprint density at radius 3 is 2.59 bits per heavy atom. The first-order chi connectivity index (χ1) is 12.6. The fraction of sp³-hybridized carbons (Fsp3) is 0.632. The third kappa shape index (κ3) is 8.77. The quantitative estimate of drug-likeness (QED) is 0.350. The molecule has 0 unspecified atom stereocenters. The summed E-state index contributed by atoms with van der Waals surface area (Å²) >= 11 is 0. The van der Waals surface area contributed by atoms with E-state index in [0.717, 1.165) is 24.9 Å². The molecule has 0 aliphatic heterocycles. The summed E-state index contributed by atoms with van der Waals surface area (Å²) in [5.74, 6) is 1.30. The van der Waals surface area contributed by atoms with Crippen LogP contribution in [0, 0.1) is 0 Å². The van der Waals surface area contributed by atoms with Crippen molar-refractivity contribution >= 4 is 35.8 Å². The van der Waals surface area contributed by atoms with Crippen molar-refractivity contribution in [1.82, 2.24) is 20.5 Å². The molecule has 0 saturated heterocycles. The Kier molecular flexibility index (Phi) is 11.1. The van der Waals surface area contributed by atoms with Gasteiger partial charge in [-0.3, -0.25) is 4.79 Å². The Hall–Kier alpha value is -1.58. The van der Waals surface area contributed by atoms with Gasteiger partial charge in [0.25, 0.3) is 0 Å². The van der Waals surface area contributed by atoms with Crippen molar-refractivity contribution < 1.29 is 9.53 Å². The average molecular weight is 489 g/mol. The smallest absolute Gasteiger partial charge is 0.241 e. The second-order valence-corrected chi connectivity index (χ2v) is 6.72. The minimum absolute atomic E-state index is 0. The van der Waals surface area contributed by atoms with Gasteiger partial charge in [0.15, 0.2) is 5.96 Å². The van der Waals surface area contributed by atoms with Gasteiger partial charge in [0.2, 0.25) is 11.8 Å². The summed E-state index contributed by atoms with van der Waals surface area (Å²) < 4.78 is 5.95. The van der Waals surface area contributed by atoms with Gasteiger partial charge in [-0.1, -0.05) is 12.5 Å². The summed E-state index contributed by atoms with van der Waals surface area (Å²) in [7, 11) is 3.47. The number of guanidine groups is 1. The molecule has 0 radical (unpaired) electrons. The molecule has 0 bridgehead atoms. The van der Waals surface area contributed by atoms with Crippen LogP contribution in [0.5, 0.6) is 5.88 Å². The zero-order valence-corrected chi connectivity index (χ0v) is 18.9. The summed E-state index contributed by atoms with van der Waals surface area (Å²) in [6, 6.07) is 3.90. The lowest BCUT2D eigenvalue weighted by Gasteiger charge is -2.22. The largest absolute Gasteiger partial charge is 0.474 e. The third-order valence-corrected chi connectivity index (χ3v) is 4.31. The molecule has 27 heavy (non-hydrogen) atoms.